The Morgan fingerprint density at radius 2 is 2.33 bits per heavy atom. The van der Waals surface area contributed by atoms with Gasteiger partial charge in [-0.05, 0) is 6.07 Å². The van der Waals surface area contributed by atoms with E-state index in [1.54, 1.807) is 24.3 Å². The largest absolute Gasteiger partial charge is 0.374 e. The van der Waals surface area contributed by atoms with E-state index in [0.717, 1.165) is 13.1 Å². The number of carbonyl (C=O) groups is 2. The highest BCUT2D eigenvalue weighted by Crippen LogP contribution is 2.06. The summed E-state index contributed by atoms with van der Waals surface area (Å²) in [6, 6.07) is 6.73. The first-order valence-electron chi connectivity index (χ1n) is 5.96. The lowest BCUT2D eigenvalue weighted by Gasteiger charge is -2.23. The fourth-order valence-corrected chi connectivity index (χ4v) is 1.86. The molecule has 0 aromatic heterocycles. The van der Waals surface area contributed by atoms with Crippen LogP contribution in [-0.2, 0) is 4.74 Å². The molecule has 1 unspecified atom stereocenters. The van der Waals surface area contributed by atoms with E-state index >= 15 is 0 Å². The van der Waals surface area contributed by atoms with Crippen molar-refractivity contribution < 1.29 is 14.3 Å². The van der Waals surface area contributed by atoms with Crippen molar-refractivity contribution in [3.05, 3.63) is 35.4 Å². The number of hydrogen-bond acceptors (Lipinski definition) is 4. The van der Waals surface area contributed by atoms with Gasteiger partial charge in [0, 0.05) is 30.8 Å². The van der Waals surface area contributed by atoms with Crippen molar-refractivity contribution in [3.8, 4) is 0 Å². The molecule has 1 aromatic carbocycles. The number of rotatable bonds is 4. The SMILES string of the molecule is O=Cc1ccccc1C(=O)NCC1CNCCO1. The molecule has 0 bridgehead atoms. The van der Waals surface area contributed by atoms with Gasteiger partial charge in [-0.1, -0.05) is 18.2 Å². The fraction of sp³-hybridized carbons (Fsp3) is 0.385. The van der Waals surface area contributed by atoms with Gasteiger partial charge in [-0.3, -0.25) is 9.59 Å². The van der Waals surface area contributed by atoms with Gasteiger partial charge < -0.3 is 15.4 Å². The zero-order valence-corrected chi connectivity index (χ0v) is 10.0. The number of ether oxygens (including phenoxy) is 1. The maximum atomic E-state index is 11.9. The number of aldehydes is 1. The molecule has 1 saturated heterocycles. The molecule has 0 radical (unpaired) electrons. The van der Waals surface area contributed by atoms with Gasteiger partial charge in [-0.25, -0.2) is 0 Å². The average molecular weight is 248 g/mol. The van der Waals surface area contributed by atoms with Crippen LogP contribution in [0.2, 0.25) is 0 Å². The molecule has 96 valence electrons. The monoisotopic (exact) mass is 248 g/mol. The maximum Gasteiger partial charge on any atom is 0.252 e. The summed E-state index contributed by atoms with van der Waals surface area (Å²) >= 11 is 0. The number of hydrogen-bond donors (Lipinski definition) is 2. The van der Waals surface area contributed by atoms with Crippen molar-refractivity contribution in [2.75, 3.05) is 26.2 Å². The Kier molecular flexibility index (Phi) is 4.44. The molecule has 1 amide bonds. The third-order valence-corrected chi connectivity index (χ3v) is 2.83. The maximum absolute atomic E-state index is 11.9. The van der Waals surface area contributed by atoms with Gasteiger partial charge in [0.25, 0.3) is 5.91 Å². The number of amides is 1. The Balaban J connectivity index is 1.92. The smallest absolute Gasteiger partial charge is 0.252 e. The summed E-state index contributed by atoms with van der Waals surface area (Å²) in [6.45, 7) is 2.68. The van der Waals surface area contributed by atoms with Crippen LogP contribution >= 0.6 is 0 Å². The van der Waals surface area contributed by atoms with E-state index < -0.39 is 0 Å². The van der Waals surface area contributed by atoms with Gasteiger partial charge in [0.15, 0.2) is 6.29 Å². The summed E-state index contributed by atoms with van der Waals surface area (Å²) in [5, 5.41) is 5.97. The summed E-state index contributed by atoms with van der Waals surface area (Å²) in [5.74, 6) is -0.244. The molecule has 5 nitrogen and oxygen atoms in total. The van der Waals surface area contributed by atoms with E-state index in [9.17, 15) is 9.59 Å². The zero-order chi connectivity index (χ0) is 12.8. The fourth-order valence-electron chi connectivity index (χ4n) is 1.86. The Labute approximate surface area is 106 Å². The van der Waals surface area contributed by atoms with Crippen LogP contribution in [0.25, 0.3) is 0 Å². The standard InChI is InChI=1S/C13H16N2O3/c16-9-10-3-1-2-4-12(10)13(17)15-8-11-7-14-5-6-18-11/h1-4,9,11,14H,5-8H2,(H,15,17). The number of nitrogens with one attached hydrogen (secondary N) is 2. The van der Waals surface area contributed by atoms with Crippen LogP contribution in [0.4, 0.5) is 0 Å². The van der Waals surface area contributed by atoms with Crippen molar-refractivity contribution in [3.63, 3.8) is 0 Å². The minimum absolute atomic E-state index is 0.00825. The first-order chi connectivity index (χ1) is 8.81. The van der Waals surface area contributed by atoms with Gasteiger partial charge in [0.05, 0.1) is 12.7 Å². The molecule has 1 fully saturated rings. The Hall–Kier alpha value is -1.72. The summed E-state index contributed by atoms with van der Waals surface area (Å²) in [7, 11) is 0. The van der Waals surface area contributed by atoms with Crippen LogP contribution in [0.3, 0.4) is 0 Å². The molecule has 2 N–H and O–H groups in total. The number of carbonyl (C=O) groups excluding carboxylic acids is 2. The molecule has 18 heavy (non-hydrogen) atoms. The Morgan fingerprint density at radius 1 is 1.50 bits per heavy atom. The van der Waals surface area contributed by atoms with E-state index in [1.807, 2.05) is 0 Å². The van der Waals surface area contributed by atoms with Crippen LogP contribution < -0.4 is 10.6 Å². The molecule has 1 aliphatic heterocycles. The number of morpholine rings is 1. The molecule has 1 aliphatic rings. The lowest BCUT2D eigenvalue weighted by Crippen LogP contribution is -2.45. The molecule has 0 saturated carbocycles. The minimum atomic E-state index is -0.244. The van der Waals surface area contributed by atoms with Gasteiger partial charge in [0.1, 0.15) is 0 Å². The third-order valence-electron chi connectivity index (χ3n) is 2.83. The second kappa shape index (κ2) is 6.28. The average Bonchev–Trinajstić information content (AvgIpc) is 2.45. The summed E-state index contributed by atoms with van der Waals surface area (Å²) in [4.78, 5) is 22.7. The second-order valence-corrected chi connectivity index (χ2v) is 4.11. The van der Waals surface area contributed by atoms with Gasteiger partial charge >= 0.3 is 0 Å². The molecular weight excluding hydrogens is 232 g/mol. The lowest BCUT2D eigenvalue weighted by molar-refractivity contribution is 0.0287. The van der Waals surface area contributed by atoms with Crippen LogP contribution in [0.1, 0.15) is 20.7 Å². The van der Waals surface area contributed by atoms with Crippen molar-refractivity contribution in [1.82, 2.24) is 10.6 Å². The second-order valence-electron chi connectivity index (χ2n) is 4.11. The van der Waals surface area contributed by atoms with Crippen LogP contribution in [0.5, 0.6) is 0 Å². The molecule has 0 aliphatic carbocycles. The molecular formula is C13H16N2O3. The molecule has 1 atom stereocenters. The van der Waals surface area contributed by atoms with E-state index in [0.29, 0.717) is 30.6 Å². The highest BCUT2D eigenvalue weighted by atomic mass is 16.5. The quantitative estimate of drug-likeness (QED) is 0.748. The first kappa shape index (κ1) is 12.7. The Morgan fingerprint density at radius 3 is 3.06 bits per heavy atom. The predicted molar refractivity (Wildman–Crippen MR) is 66.8 cm³/mol. The highest BCUT2D eigenvalue weighted by Gasteiger charge is 2.16. The summed E-state index contributed by atoms with van der Waals surface area (Å²) in [6.07, 6.45) is 0.680. The third kappa shape index (κ3) is 3.15. The van der Waals surface area contributed by atoms with Crippen molar-refractivity contribution in [2.45, 2.75) is 6.10 Å². The van der Waals surface area contributed by atoms with E-state index in [2.05, 4.69) is 10.6 Å². The topological polar surface area (TPSA) is 67.4 Å². The van der Waals surface area contributed by atoms with E-state index in [1.165, 1.54) is 0 Å². The van der Waals surface area contributed by atoms with E-state index in [-0.39, 0.29) is 12.0 Å². The van der Waals surface area contributed by atoms with Crippen molar-refractivity contribution in [2.24, 2.45) is 0 Å². The minimum Gasteiger partial charge on any atom is -0.374 e. The first-order valence-corrected chi connectivity index (χ1v) is 5.96. The summed E-state index contributed by atoms with van der Waals surface area (Å²) in [5.41, 5.74) is 0.800. The van der Waals surface area contributed by atoms with Gasteiger partial charge in [-0.2, -0.15) is 0 Å². The van der Waals surface area contributed by atoms with Crippen molar-refractivity contribution >= 4 is 12.2 Å². The van der Waals surface area contributed by atoms with E-state index in [4.69, 9.17) is 4.74 Å². The summed E-state index contributed by atoms with van der Waals surface area (Å²) < 4.78 is 5.47. The predicted octanol–water partition coefficient (Wildman–Crippen LogP) is 0.217. The van der Waals surface area contributed by atoms with Crippen molar-refractivity contribution in [1.29, 1.82) is 0 Å². The molecule has 1 heterocycles. The molecule has 0 spiro atoms. The molecule has 5 heteroatoms. The number of benzene rings is 1. The molecule has 1 aromatic rings. The van der Waals surface area contributed by atoms with Crippen LogP contribution in [0, 0.1) is 0 Å². The zero-order valence-electron chi connectivity index (χ0n) is 10.0. The molecule has 2 rings (SSSR count). The normalized spacial score (nSPS) is 19.2. The van der Waals surface area contributed by atoms with Crippen LogP contribution in [-0.4, -0.2) is 44.5 Å². The Bertz CT molecular complexity index is 428. The van der Waals surface area contributed by atoms with Gasteiger partial charge in [-0.15, -0.1) is 0 Å². The van der Waals surface area contributed by atoms with Crippen LogP contribution in [0.15, 0.2) is 24.3 Å². The highest BCUT2D eigenvalue weighted by molar-refractivity contribution is 6.01. The lowest BCUT2D eigenvalue weighted by atomic mass is 10.1. The van der Waals surface area contributed by atoms with Gasteiger partial charge in [0.2, 0.25) is 0 Å².